The van der Waals surface area contributed by atoms with Gasteiger partial charge in [-0.3, -0.25) is 0 Å². The highest BCUT2D eigenvalue weighted by molar-refractivity contribution is 6.74. The lowest BCUT2D eigenvalue weighted by Crippen LogP contribution is -2.41. The number of rotatable bonds is 4. The molecule has 0 aliphatic heterocycles. The monoisotopic (exact) mass is 241 g/mol. The van der Waals surface area contributed by atoms with Crippen LogP contribution >= 0.6 is 0 Å². The predicted molar refractivity (Wildman–Crippen MR) is 74.0 cm³/mol. The van der Waals surface area contributed by atoms with E-state index in [1.165, 1.54) is 32.1 Å². The van der Waals surface area contributed by atoms with Crippen molar-refractivity contribution in [3.63, 3.8) is 0 Å². The molecule has 1 radical (unpaired) electrons. The molecule has 0 aromatic rings. The maximum Gasteiger partial charge on any atom is 0.191 e. The van der Waals surface area contributed by atoms with E-state index in [2.05, 4.69) is 40.3 Å². The minimum Gasteiger partial charge on any atom is -0.417 e. The summed E-state index contributed by atoms with van der Waals surface area (Å²) in [5, 5.41) is 0.355. The smallest absolute Gasteiger partial charge is 0.191 e. The molecule has 0 N–H and O–H groups in total. The third-order valence-electron chi connectivity index (χ3n) is 4.35. The molecular formula is C14H29OSi. The lowest BCUT2D eigenvalue weighted by Gasteiger charge is -2.36. The summed E-state index contributed by atoms with van der Waals surface area (Å²) >= 11 is 0. The molecule has 1 fully saturated rings. The van der Waals surface area contributed by atoms with E-state index >= 15 is 0 Å². The van der Waals surface area contributed by atoms with Crippen molar-refractivity contribution in [1.29, 1.82) is 0 Å². The normalized spacial score (nSPS) is 20.1. The Bertz CT molecular complexity index is 199. The molecule has 0 bridgehead atoms. The summed E-state index contributed by atoms with van der Waals surface area (Å²) in [5.74, 6) is 0.926. The standard InChI is InChI=1S/C14H29OSi/c1-14(2,3)16(4,5)15-12-11-13-9-7-6-8-10-13/h6,13H,7-12H2,1-5H3. The fraction of sp³-hybridized carbons (Fsp3) is 0.929. The van der Waals surface area contributed by atoms with Crippen LogP contribution in [0.5, 0.6) is 0 Å². The third-order valence-corrected chi connectivity index (χ3v) is 8.89. The molecule has 0 aromatic carbocycles. The number of hydrogen-bond acceptors (Lipinski definition) is 1. The molecule has 1 nitrogen and oxygen atoms in total. The maximum atomic E-state index is 6.23. The van der Waals surface area contributed by atoms with Gasteiger partial charge in [0.25, 0.3) is 0 Å². The van der Waals surface area contributed by atoms with E-state index in [0.717, 1.165) is 12.5 Å². The molecule has 0 saturated heterocycles. The Morgan fingerprint density at radius 1 is 1.19 bits per heavy atom. The zero-order valence-corrected chi connectivity index (χ0v) is 12.8. The van der Waals surface area contributed by atoms with E-state index in [9.17, 15) is 0 Å². The first-order chi connectivity index (χ1) is 7.33. The topological polar surface area (TPSA) is 9.23 Å². The first-order valence-corrected chi connectivity index (χ1v) is 9.69. The predicted octanol–water partition coefficient (Wildman–Crippen LogP) is 4.79. The Balaban J connectivity index is 2.23. The van der Waals surface area contributed by atoms with Crippen molar-refractivity contribution >= 4 is 8.32 Å². The van der Waals surface area contributed by atoms with Gasteiger partial charge in [-0.25, -0.2) is 0 Å². The van der Waals surface area contributed by atoms with Gasteiger partial charge in [0.15, 0.2) is 8.32 Å². The molecule has 0 amide bonds. The van der Waals surface area contributed by atoms with Crippen LogP contribution in [0.25, 0.3) is 0 Å². The molecule has 0 spiro atoms. The van der Waals surface area contributed by atoms with Crippen LogP contribution in [0.1, 0.15) is 52.9 Å². The van der Waals surface area contributed by atoms with Crippen molar-refractivity contribution in [1.82, 2.24) is 0 Å². The highest BCUT2D eigenvalue weighted by Crippen LogP contribution is 2.37. The molecule has 1 saturated carbocycles. The first-order valence-electron chi connectivity index (χ1n) is 6.78. The minimum atomic E-state index is -1.50. The fourth-order valence-corrected chi connectivity index (χ4v) is 3.04. The molecule has 1 aliphatic rings. The van der Waals surface area contributed by atoms with Crippen LogP contribution in [0.4, 0.5) is 0 Å². The molecule has 2 heteroatoms. The average Bonchev–Trinajstić information content (AvgIpc) is 2.17. The van der Waals surface area contributed by atoms with Gasteiger partial charge >= 0.3 is 0 Å². The zero-order chi connectivity index (χ0) is 12.2. The molecule has 0 atom stereocenters. The second kappa shape index (κ2) is 5.68. The van der Waals surface area contributed by atoms with Gasteiger partial charge in [-0.1, -0.05) is 33.6 Å². The van der Waals surface area contributed by atoms with Crippen molar-refractivity contribution in [2.75, 3.05) is 6.61 Å². The average molecular weight is 241 g/mol. The van der Waals surface area contributed by atoms with Crippen molar-refractivity contribution < 1.29 is 4.43 Å². The molecule has 0 heterocycles. The summed E-state index contributed by atoms with van der Waals surface area (Å²) in [4.78, 5) is 0. The highest BCUT2D eigenvalue weighted by Gasteiger charge is 2.36. The van der Waals surface area contributed by atoms with Gasteiger partial charge in [-0.2, -0.15) is 0 Å². The maximum absolute atomic E-state index is 6.23. The summed E-state index contributed by atoms with van der Waals surface area (Å²) in [6.45, 7) is 12.6. The summed E-state index contributed by atoms with van der Waals surface area (Å²) in [6, 6.07) is 0. The number of hydrogen-bond donors (Lipinski definition) is 0. The van der Waals surface area contributed by atoms with Gasteiger partial charge in [0.1, 0.15) is 0 Å². The zero-order valence-electron chi connectivity index (χ0n) is 11.8. The Kier molecular flexibility index (Phi) is 5.05. The van der Waals surface area contributed by atoms with Gasteiger partial charge in [0.05, 0.1) is 0 Å². The molecule has 1 rings (SSSR count). The van der Waals surface area contributed by atoms with Crippen LogP contribution in [0.3, 0.4) is 0 Å². The second-order valence-electron chi connectivity index (χ2n) is 6.71. The van der Waals surface area contributed by atoms with Crippen LogP contribution in [-0.2, 0) is 4.43 Å². The van der Waals surface area contributed by atoms with Crippen molar-refractivity contribution in [2.45, 2.75) is 71.0 Å². The Labute approximate surface area is 103 Å². The van der Waals surface area contributed by atoms with Gasteiger partial charge < -0.3 is 4.43 Å². The van der Waals surface area contributed by atoms with E-state index in [1.807, 2.05) is 0 Å². The van der Waals surface area contributed by atoms with Crippen LogP contribution < -0.4 is 0 Å². The van der Waals surface area contributed by atoms with Crippen LogP contribution in [-0.4, -0.2) is 14.9 Å². The van der Waals surface area contributed by atoms with E-state index in [-0.39, 0.29) is 0 Å². The minimum absolute atomic E-state index is 0.355. The lowest BCUT2D eigenvalue weighted by atomic mass is 9.87. The van der Waals surface area contributed by atoms with Crippen molar-refractivity contribution in [3.05, 3.63) is 6.42 Å². The van der Waals surface area contributed by atoms with E-state index < -0.39 is 8.32 Å². The van der Waals surface area contributed by atoms with Crippen LogP contribution in [0.2, 0.25) is 18.1 Å². The third kappa shape index (κ3) is 4.21. The molecule has 0 unspecified atom stereocenters. The van der Waals surface area contributed by atoms with Crippen molar-refractivity contribution in [3.8, 4) is 0 Å². The van der Waals surface area contributed by atoms with Crippen LogP contribution in [0.15, 0.2) is 0 Å². The van der Waals surface area contributed by atoms with E-state index in [4.69, 9.17) is 4.43 Å². The fourth-order valence-electron chi connectivity index (χ4n) is 1.98. The summed E-state index contributed by atoms with van der Waals surface area (Å²) in [7, 11) is -1.50. The second-order valence-corrected chi connectivity index (χ2v) is 11.5. The summed E-state index contributed by atoms with van der Waals surface area (Å²) < 4.78 is 6.23. The molecule has 16 heavy (non-hydrogen) atoms. The molecular weight excluding hydrogens is 212 g/mol. The largest absolute Gasteiger partial charge is 0.417 e. The Morgan fingerprint density at radius 2 is 1.75 bits per heavy atom. The summed E-state index contributed by atoms with van der Waals surface area (Å²) in [5.41, 5.74) is 0. The van der Waals surface area contributed by atoms with Gasteiger partial charge in [0, 0.05) is 6.61 Å². The highest BCUT2D eigenvalue weighted by atomic mass is 28.4. The molecule has 1 aliphatic carbocycles. The Hall–Kier alpha value is 0.177. The SMILES string of the molecule is CC(C)(C)[Si](C)(C)OCCC1CC[CH]CC1. The van der Waals surface area contributed by atoms with Gasteiger partial charge in [-0.15, -0.1) is 0 Å². The van der Waals surface area contributed by atoms with E-state index in [0.29, 0.717) is 5.04 Å². The van der Waals surface area contributed by atoms with E-state index in [1.54, 1.807) is 0 Å². The van der Waals surface area contributed by atoms with Crippen molar-refractivity contribution in [2.24, 2.45) is 5.92 Å². The molecule has 0 aromatic heterocycles. The lowest BCUT2D eigenvalue weighted by molar-refractivity contribution is 0.239. The van der Waals surface area contributed by atoms with Gasteiger partial charge in [-0.05, 0) is 49.7 Å². The van der Waals surface area contributed by atoms with Crippen LogP contribution in [0, 0.1) is 12.3 Å². The molecule has 95 valence electrons. The summed E-state index contributed by atoms with van der Waals surface area (Å²) in [6.07, 6.45) is 9.14. The van der Waals surface area contributed by atoms with Gasteiger partial charge in [0.2, 0.25) is 0 Å². The Morgan fingerprint density at radius 3 is 2.25 bits per heavy atom. The quantitative estimate of drug-likeness (QED) is 0.643. The first kappa shape index (κ1) is 14.2.